The van der Waals surface area contributed by atoms with Gasteiger partial charge in [0.05, 0.1) is 31.1 Å². The highest BCUT2D eigenvalue weighted by Gasteiger charge is 2.25. The number of nitrogens with zero attached hydrogens (tertiary/aromatic N) is 4. The minimum absolute atomic E-state index is 0.000330. The average Bonchev–Trinajstić information content (AvgIpc) is 2.85. The van der Waals surface area contributed by atoms with Gasteiger partial charge in [0, 0.05) is 6.61 Å². The molecule has 0 amide bonds. The normalized spacial score (nSPS) is 23.0. The van der Waals surface area contributed by atoms with Gasteiger partial charge in [-0.1, -0.05) is 18.5 Å². The van der Waals surface area contributed by atoms with Crippen molar-refractivity contribution in [1.82, 2.24) is 19.6 Å². The summed E-state index contributed by atoms with van der Waals surface area (Å²) < 4.78 is 12.5. The first kappa shape index (κ1) is 16.2. The van der Waals surface area contributed by atoms with E-state index in [1.54, 1.807) is 6.20 Å². The number of rotatable bonds is 5. The van der Waals surface area contributed by atoms with Crippen LogP contribution in [-0.2, 0) is 4.74 Å². The Morgan fingerprint density at radius 1 is 1.61 bits per heavy atom. The summed E-state index contributed by atoms with van der Waals surface area (Å²) in [5, 5.41) is 17.7. The molecule has 1 saturated heterocycles. The summed E-state index contributed by atoms with van der Waals surface area (Å²) >= 11 is 6.10. The van der Waals surface area contributed by atoms with E-state index in [1.807, 2.05) is 13.8 Å². The fourth-order valence-electron chi connectivity index (χ4n) is 2.29. The summed E-state index contributed by atoms with van der Waals surface area (Å²) in [5.74, 6) is 0.381. The molecule has 3 rings (SSSR count). The van der Waals surface area contributed by atoms with Crippen LogP contribution in [0.2, 0.25) is 5.15 Å². The fourth-order valence-corrected chi connectivity index (χ4v) is 2.49. The smallest absolute Gasteiger partial charge is 0.320 e. The number of nitrogens with one attached hydrogen (secondary N) is 1. The fraction of sp³-hybridized carbons (Fsp3) is 0.643. The van der Waals surface area contributed by atoms with Crippen molar-refractivity contribution in [3.8, 4) is 6.01 Å². The van der Waals surface area contributed by atoms with Crippen LogP contribution in [0.15, 0.2) is 6.20 Å². The molecule has 9 heteroatoms. The standard InChI is InChI=1S/C14H20ClN5O3/c1-3-8(2)23-14-18-12(15)10-6-16-13(19-20(10)14)17-9-4-5-22-7-11(9)21/h6,8-9,11,21H,3-5,7H2,1-2H3,(H,17,19)/t8?,9-,11+/m0/s1. The minimum atomic E-state index is -0.592. The maximum Gasteiger partial charge on any atom is 0.320 e. The van der Waals surface area contributed by atoms with Gasteiger partial charge < -0.3 is 19.9 Å². The van der Waals surface area contributed by atoms with Crippen LogP contribution in [0.5, 0.6) is 6.01 Å². The Balaban J connectivity index is 1.86. The third-order valence-electron chi connectivity index (χ3n) is 3.84. The van der Waals surface area contributed by atoms with E-state index < -0.39 is 6.10 Å². The van der Waals surface area contributed by atoms with E-state index in [0.29, 0.717) is 42.3 Å². The lowest BCUT2D eigenvalue weighted by Crippen LogP contribution is -2.42. The number of halogens is 1. The van der Waals surface area contributed by atoms with Gasteiger partial charge in [-0.2, -0.15) is 9.50 Å². The Hall–Kier alpha value is -1.64. The van der Waals surface area contributed by atoms with Gasteiger partial charge in [-0.05, 0) is 19.8 Å². The maximum absolute atomic E-state index is 9.95. The number of aromatic nitrogens is 4. The number of anilines is 1. The van der Waals surface area contributed by atoms with Gasteiger partial charge in [-0.25, -0.2) is 4.98 Å². The second-order valence-corrected chi connectivity index (χ2v) is 5.94. The molecule has 1 unspecified atom stereocenters. The number of aliphatic hydroxyl groups excluding tert-OH is 1. The van der Waals surface area contributed by atoms with Crippen LogP contribution in [0.4, 0.5) is 5.95 Å². The second-order valence-electron chi connectivity index (χ2n) is 5.58. The molecule has 0 bridgehead atoms. The topological polar surface area (TPSA) is 93.8 Å². The molecule has 8 nitrogen and oxygen atoms in total. The number of hydrogen-bond donors (Lipinski definition) is 2. The van der Waals surface area contributed by atoms with Crippen LogP contribution in [0, 0.1) is 0 Å². The lowest BCUT2D eigenvalue weighted by atomic mass is 10.1. The van der Waals surface area contributed by atoms with Crippen molar-refractivity contribution in [2.45, 2.75) is 44.9 Å². The van der Waals surface area contributed by atoms with Crippen molar-refractivity contribution in [2.75, 3.05) is 18.5 Å². The molecule has 3 atom stereocenters. The SMILES string of the molecule is CCC(C)Oc1nc(Cl)c2cnc(N[C@H]3CCOC[C@H]3O)nn12. The van der Waals surface area contributed by atoms with Crippen LogP contribution >= 0.6 is 11.6 Å². The van der Waals surface area contributed by atoms with Crippen molar-refractivity contribution in [1.29, 1.82) is 0 Å². The largest absolute Gasteiger partial charge is 0.460 e. The van der Waals surface area contributed by atoms with E-state index in [1.165, 1.54) is 4.52 Å². The van der Waals surface area contributed by atoms with Gasteiger partial charge >= 0.3 is 6.01 Å². The van der Waals surface area contributed by atoms with Gasteiger partial charge in [0.15, 0.2) is 5.15 Å². The molecule has 3 heterocycles. The third kappa shape index (κ3) is 3.49. The molecular weight excluding hydrogens is 322 g/mol. The van der Waals surface area contributed by atoms with Crippen molar-refractivity contribution in [2.24, 2.45) is 0 Å². The zero-order valence-corrected chi connectivity index (χ0v) is 13.8. The van der Waals surface area contributed by atoms with Gasteiger partial charge in [-0.15, -0.1) is 5.10 Å². The van der Waals surface area contributed by atoms with Gasteiger partial charge in [-0.3, -0.25) is 0 Å². The lowest BCUT2D eigenvalue weighted by molar-refractivity contribution is -0.0136. The van der Waals surface area contributed by atoms with Gasteiger partial charge in [0.25, 0.3) is 0 Å². The summed E-state index contributed by atoms with van der Waals surface area (Å²) in [6.45, 7) is 4.87. The molecule has 2 aromatic rings. The van der Waals surface area contributed by atoms with E-state index in [4.69, 9.17) is 21.1 Å². The number of hydrogen-bond acceptors (Lipinski definition) is 7. The molecule has 126 valence electrons. The predicted molar refractivity (Wildman–Crippen MR) is 85.0 cm³/mol. The number of aliphatic hydroxyl groups is 1. The summed E-state index contributed by atoms with van der Waals surface area (Å²) in [6, 6.07) is 0.177. The van der Waals surface area contributed by atoms with Gasteiger partial charge in [0.2, 0.25) is 5.95 Å². The van der Waals surface area contributed by atoms with Crippen molar-refractivity contribution in [3.05, 3.63) is 11.3 Å². The molecule has 23 heavy (non-hydrogen) atoms. The first-order valence-electron chi connectivity index (χ1n) is 7.68. The molecule has 1 aliphatic rings. The highest BCUT2D eigenvalue weighted by Crippen LogP contribution is 2.23. The molecule has 1 aliphatic heterocycles. The Labute approximate surface area is 138 Å². The molecular formula is C14H20ClN5O3. The maximum atomic E-state index is 9.95. The Bertz CT molecular complexity index is 680. The van der Waals surface area contributed by atoms with Crippen molar-refractivity contribution >= 4 is 23.1 Å². The summed E-state index contributed by atoms with van der Waals surface area (Å²) in [5.41, 5.74) is 0.572. The minimum Gasteiger partial charge on any atom is -0.460 e. The summed E-state index contributed by atoms with van der Waals surface area (Å²) in [7, 11) is 0. The summed E-state index contributed by atoms with van der Waals surface area (Å²) in [4.78, 5) is 8.42. The molecule has 1 fully saturated rings. The van der Waals surface area contributed by atoms with Crippen LogP contribution in [0.25, 0.3) is 5.52 Å². The molecule has 2 aromatic heterocycles. The monoisotopic (exact) mass is 341 g/mol. The molecule has 0 radical (unpaired) electrons. The first-order chi connectivity index (χ1) is 11.1. The molecule has 0 saturated carbocycles. The van der Waals surface area contributed by atoms with Crippen LogP contribution in [0.3, 0.4) is 0 Å². The van der Waals surface area contributed by atoms with Crippen LogP contribution < -0.4 is 10.1 Å². The Kier molecular flexibility index (Phi) is 4.84. The van der Waals surface area contributed by atoms with Gasteiger partial charge in [0.1, 0.15) is 5.52 Å². The molecule has 0 aliphatic carbocycles. The van der Waals surface area contributed by atoms with E-state index in [2.05, 4.69) is 20.4 Å². The second kappa shape index (κ2) is 6.86. The van der Waals surface area contributed by atoms with E-state index in [9.17, 15) is 5.11 Å². The third-order valence-corrected chi connectivity index (χ3v) is 4.12. The van der Waals surface area contributed by atoms with E-state index in [-0.39, 0.29) is 12.1 Å². The summed E-state index contributed by atoms with van der Waals surface area (Å²) in [6.07, 6.45) is 2.52. The lowest BCUT2D eigenvalue weighted by Gasteiger charge is -2.28. The first-order valence-corrected chi connectivity index (χ1v) is 8.06. The molecule has 2 N–H and O–H groups in total. The predicted octanol–water partition coefficient (Wildman–Crippen LogP) is 1.52. The van der Waals surface area contributed by atoms with E-state index >= 15 is 0 Å². The zero-order valence-electron chi connectivity index (χ0n) is 13.1. The van der Waals surface area contributed by atoms with Crippen LogP contribution in [-0.4, -0.2) is 56.2 Å². The highest BCUT2D eigenvalue weighted by molar-refractivity contribution is 6.32. The Morgan fingerprint density at radius 2 is 2.43 bits per heavy atom. The number of ether oxygens (including phenoxy) is 2. The van der Waals surface area contributed by atoms with Crippen LogP contribution in [0.1, 0.15) is 26.7 Å². The zero-order chi connectivity index (χ0) is 16.4. The number of fused-ring (bicyclic) bond motifs is 1. The molecule has 0 aromatic carbocycles. The van der Waals surface area contributed by atoms with Crippen molar-refractivity contribution in [3.63, 3.8) is 0 Å². The highest BCUT2D eigenvalue weighted by atomic mass is 35.5. The van der Waals surface area contributed by atoms with E-state index in [0.717, 1.165) is 6.42 Å². The quantitative estimate of drug-likeness (QED) is 0.851. The number of imidazole rings is 1. The van der Waals surface area contributed by atoms with Crippen molar-refractivity contribution < 1.29 is 14.6 Å². The average molecular weight is 342 g/mol. The Morgan fingerprint density at radius 3 is 3.17 bits per heavy atom. The molecule has 0 spiro atoms.